The first kappa shape index (κ1) is 15.0. The minimum absolute atomic E-state index is 0.434. The molecule has 1 aromatic carbocycles. The van der Waals surface area contributed by atoms with Crippen molar-refractivity contribution in [2.75, 3.05) is 0 Å². The predicted octanol–water partition coefficient (Wildman–Crippen LogP) is 3.67. The fourth-order valence-corrected chi connectivity index (χ4v) is 1.55. The van der Waals surface area contributed by atoms with Crippen LogP contribution in [0.15, 0.2) is 24.3 Å². The molecule has 0 aliphatic rings. The van der Waals surface area contributed by atoms with Crippen molar-refractivity contribution in [2.45, 2.75) is 59.0 Å². The molecule has 3 nitrogen and oxygen atoms in total. The highest BCUT2D eigenvalue weighted by atomic mass is 16.8. The maximum atomic E-state index is 9.62. The summed E-state index contributed by atoms with van der Waals surface area (Å²) in [6.07, 6.45) is 1.11. The zero-order chi connectivity index (χ0) is 13.8. The molecule has 0 aliphatic carbocycles. The lowest BCUT2D eigenvalue weighted by Gasteiger charge is -2.24. The van der Waals surface area contributed by atoms with Crippen LogP contribution in [0.4, 0.5) is 0 Å². The summed E-state index contributed by atoms with van der Waals surface area (Å²) >= 11 is 0. The fourth-order valence-electron chi connectivity index (χ4n) is 1.55. The molecule has 0 bridgehead atoms. The summed E-state index contributed by atoms with van der Waals surface area (Å²) in [4.78, 5) is 0. The van der Waals surface area contributed by atoms with Crippen LogP contribution in [0.25, 0.3) is 0 Å². The molecular formula is C15H24O3. The summed E-state index contributed by atoms with van der Waals surface area (Å²) in [5, 5.41) is 9.62. The summed E-state index contributed by atoms with van der Waals surface area (Å²) in [7, 11) is 0. The van der Waals surface area contributed by atoms with Gasteiger partial charge < -0.3 is 14.6 Å². The quantitative estimate of drug-likeness (QED) is 0.813. The molecule has 0 saturated heterocycles. The van der Waals surface area contributed by atoms with E-state index in [9.17, 15) is 5.11 Å². The van der Waals surface area contributed by atoms with Crippen LogP contribution in [0, 0.1) is 0 Å². The highest BCUT2D eigenvalue weighted by molar-refractivity contribution is 5.29. The third kappa shape index (κ3) is 5.07. The Labute approximate surface area is 110 Å². The van der Waals surface area contributed by atoms with Crippen molar-refractivity contribution in [3.63, 3.8) is 0 Å². The zero-order valence-electron chi connectivity index (χ0n) is 11.9. The number of aliphatic hydroxyl groups is 1. The molecule has 0 aromatic heterocycles. The number of hydrogen-bond acceptors (Lipinski definition) is 3. The average Bonchev–Trinajstić information content (AvgIpc) is 2.26. The summed E-state index contributed by atoms with van der Waals surface area (Å²) in [5.74, 6) is 1.15. The lowest BCUT2D eigenvalue weighted by atomic mass is 9.99. The van der Waals surface area contributed by atoms with E-state index in [1.54, 1.807) is 0 Å². The fraction of sp³-hybridized carbons (Fsp3) is 0.600. The molecule has 1 rings (SSSR count). The molecule has 1 aromatic rings. The van der Waals surface area contributed by atoms with Crippen molar-refractivity contribution in [1.82, 2.24) is 0 Å². The van der Waals surface area contributed by atoms with Gasteiger partial charge in [-0.1, -0.05) is 26.0 Å². The second-order valence-corrected chi connectivity index (χ2v) is 5.53. The van der Waals surface area contributed by atoms with Gasteiger partial charge in [-0.3, -0.25) is 0 Å². The van der Waals surface area contributed by atoms with Gasteiger partial charge >= 0.3 is 6.48 Å². The van der Waals surface area contributed by atoms with Crippen LogP contribution < -0.4 is 4.74 Å². The number of aliphatic hydroxyl groups excluding tert-OH is 1. The van der Waals surface area contributed by atoms with E-state index in [2.05, 4.69) is 13.8 Å². The van der Waals surface area contributed by atoms with Crippen LogP contribution in [0.5, 0.6) is 5.75 Å². The Bertz CT molecular complexity index is 351. The van der Waals surface area contributed by atoms with E-state index in [0.717, 1.165) is 6.42 Å². The van der Waals surface area contributed by atoms with Gasteiger partial charge in [0.1, 0.15) is 5.75 Å². The minimum atomic E-state index is -1.24. The van der Waals surface area contributed by atoms with Crippen molar-refractivity contribution in [2.24, 2.45) is 0 Å². The SMILES string of the molecule is CCC(C)c1ccc(OC(O)OC(C)(C)C)cc1. The van der Waals surface area contributed by atoms with E-state index in [1.807, 2.05) is 45.0 Å². The van der Waals surface area contributed by atoms with E-state index >= 15 is 0 Å². The van der Waals surface area contributed by atoms with Crippen molar-refractivity contribution in [3.05, 3.63) is 29.8 Å². The molecule has 0 spiro atoms. The van der Waals surface area contributed by atoms with E-state index in [1.165, 1.54) is 5.56 Å². The van der Waals surface area contributed by atoms with Crippen LogP contribution in [-0.2, 0) is 4.74 Å². The summed E-state index contributed by atoms with van der Waals surface area (Å²) in [6, 6.07) is 7.76. The predicted molar refractivity (Wildman–Crippen MR) is 72.6 cm³/mol. The maximum Gasteiger partial charge on any atom is 0.313 e. The lowest BCUT2D eigenvalue weighted by Crippen LogP contribution is -2.31. The lowest BCUT2D eigenvalue weighted by molar-refractivity contribution is -0.259. The average molecular weight is 252 g/mol. The Morgan fingerprint density at radius 1 is 1.17 bits per heavy atom. The third-order valence-corrected chi connectivity index (χ3v) is 2.75. The second kappa shape index (κ2) is 6.21. The number of rotatable bonds is 5. The highest BCUT2D eigenvalue weighted by Crippen LogP contribution is 2.22. The van der Waals surface area contributed by atoms with E-state index in [-0.39, 0.29) is 0 Å². The molecule has 0 fully saturated rings. The maximum absolute atomic E-state index is 9.62. The van der Waals surface area contributed by atoms with Crippen molar-refractivity contribution >= 4 is 0 Å². The molecule has 0 aliphatic heterocycles. The molecule has 18 heavy (non-hydrogen) atoms. The smallest absolute Gasteiger partial charge is 0.313 e. The highest BCUT2D eigenvalue weighted by Gasteiger charge is 2.17. The molecule has 2 atom stereocenters. The van der Waals surface area contributed by atoms with E-state index in [4.69, 9.17) is 9.47 Å². The Hall–Kier alpha value is -1.06. The van der Waals surface area contributed by atoms with Gasteiger partial charge in [-0.15, -0.1) is 0 Å². The minimum Gasteiger partial charge on any atom is -0.441 e. The molecule has 2 unspecified atom stereocenters. The molecule has 3 heteroatoms. The summed E-state index contributed by atoms with van der Waals surface area (Å²) in [5.41, 5.74) is 0.840. The molecule has 0 heterocycles. The molecular weight excluding hydrogens is 228 g/mol. The van der Waals surface area contributed by atoms with Gasteiger partial charge in [0.25, 0.3) is 0 Å². The van der Waals surface area contributed by atoms with Crippen molar-refractivity contribution in [3.8, 4) is 5.75 Å². The first-order valence-electron chi connectivity index (χ1n) is 6.44. The van der Waals surface area contributed by atoms with Gasteiger partial charge in [0.2, 0.25) is 0 Å². The second-order valence-electron chi connectivity index (χ2n) is 5.53. The number of ether oxygens (including phenoxy) is 2. The summed E-state index contributed by atoms with van der Waals surface area (Å²) in [6.45, 7) is 8.71. The first-order chi connectivity index (χ1) is 8.31. The monoisotopic (exact) mass is 252 g/mol. The van der Waals surface area contributed by atoms with Crippen LogP contribution in [0.1, 0.15) is 52.5 Å². The normalized spacial score (nSPS) is 15.2. The van der Waals surface area contributed by atoms with Gasteiger partial charge in [-0.05, 0) is 50.8 Å². The van der Waals surface area contributed by atoms with Crippen LogP contribution >= 0.6 is 0 Å². The van der Waals surface area contributed by atoms with Gasteiger partial charge in [-0.2, -0.15) is 0 Å². The van der Waals surface area contributed by atoms with Gasteiger partial charge in [0, 0.05) is 0 Å². The van der Waals surface area contributed by atoms with Gasteiger partial charge in [0.15, 0.2) is 0 Å². The van der Waals surface area contributed by atoms with Crippen LogP contribution in [-0.4, -0.2) is 17.2 Å². The molecule has 0 saturated carbocycles. The van der Waals surface area contributed by atoms with Crippen LogP contribution in [0.2, 0.25) is 0 Å². The number of hydrogen-bond donors (Lipinski definition) is 1. The third-order valence-electron chi connectivity index (χ3n) is 2.75. The van der Waals surface area contributed by atoms with Crippen LogP contribution in [0.3, 0.4) is 0 Å². The van der Waals surface area contributed by atoms with E-state index in [0.29, 0.717) is 11.7 Å². The Morgan fingerprint density at radius 2 is 1.72 bits per heavy atom. The molecule has 1 N–H and O–H groups in total. The van der Waals surface area contributed by atoms with E-state index < -0.39 is 12.1 Å². The Morgan fingerprint density at radius 3 is 2.17 bits per heavy atom. The zero-order valence-corrected chi connectivity index (χ0v) is 11.9. The van der Waals surface area contributed by atoms with Crippen molar-refractivity contribution < 1.29 is 14.6 Å². The number of benzene rings is 1. The van der Waals surface area contributed by atoms with Gasteiger partial charge in [-0.25, -0.2) is 0 Å². The molecule has 102 valence electrons. The van der Waals surface area contributed by atoms with Gasteiger partial charge in [0.05, 0.1) is 5.60 Å². The van der Waals surface area contributed by atoms with Crippen molar-refractivity contribution in [1.29, 1.82) is 0 Å². The Balaban J connectivity index is 2.58. The standard InChI is InChI=1S/C15H24O3/c1-6-11(2)12-7-9-13(10-8-12)17-14(16)18-15(3,4)5/h7-11,14,16H,6H2,1-5H3. The summed E-state index contributed by atoms with van der Waals surface area (Å²) < 4.78 is 10.6. The Kier molecular flexibility index (Phi) is 5.17. The topological polar surface area (TPSA) is 38.7 Å². The first-order valence-corrected chi connectivity index (χ1v) is 6.44. The molecule has 0 amide bonds. The largest absolute Gasteiger partial charge is 0.441 e. The molecule has 0 radical (unpaired) electrons.